The van der Waals surface area contributed by atoms with E-state index < -0.39 is 0 Å². The number of nitrogens with zero attached hydrogens (tertiary/aromatic N) is 2. The molecule has 1 heterocycles. The topological polar surface area (TPSA) is 40.6 Å². The van der Waals surface area contributed by atoms with E-state index in [1.807, 2.05) is 36.3 Å². The summed E-state index contributed by atoms with van der Waals surface area (Å²) in [5.74, 6) is 0.0197. The van der Waals surface area contributed by atoms with Crippen molar-refractivity contribution in [2.24, 2.45) is 0 Å². The van der Waals surface area contributed by atoms with Crippen LogP contribution in [0.5, 0.6) is 0 Å². The van der Waals surface area contributed by atoms with Gasteiger partial charge in [-0.25, -0.2) is 0 Å². The molecule has 3 rings (SSSR count). The molecule has 4 nitrogen and oxygen atoms in total. The highest BCUT2D eigenvalue weighted by molar-refractivity contribution is 7.98. The first-order valence-corrected chi connectivity index (χ1v) is 10.1. The fraction of sp³-hybridized carbons (Fsp3) is 0.300. The van der Waals surface area contributed by atoms with E-state index in [0.717, 1.165) is 16.0 Å². The number of carbonyl (C=O) groups excluding carboxylic acids is 2. The van der Waals surface area contributed by atoms with Crippen LogP contribution in [0, 0.1) is 6.92 Å². The monoisotopic (exact) mass is 388 g/mol. The Bertz CT molecular complexity index is 815. The van der Waals surface area contributed by atoms with Crippen LogP contribution in [0.1, 0.15) is 26.3 Å². The smallest absolute Gasteiger partial charge is 0.254 e. The molecular weight excluding hydrogens is 368 g/mol. The van der Waals surface area contributed by atoms with Gasteiger partial charge in [-0.15, -0.1) is 11.8 Å². The lowest BCUT2D eigenvalue weighted by Crippen LogP contribution is -2.50. The molecule has 0 unspecified atom stereocenters. The molecule has 0 bridgehead atoms. The molecule has 0 spiro atoms. The van der Waals surface area contributed by atoms with Gasteiger partial charge in [0.1, 0.15) is 0 Å². The molecule has 26 heavy (non-hydrogen) atoms. The van der Waals surface area contributed by atoms with E-state index in [2.05, 4.69) is 0 Å². The molecule has 2 aromatic rings. The van der Waals surface area contributed by atoms with Crippen LogP contribution in [0.15, 0.2) is 47.4 Å². The standard InChI is InChI=1S/C20H21ClN2O2S/c1-14-3-8-17(26-2)13-18(14)20(25)23-11-9-22(10-12-23)19(24)15-4-6-16(21)7-5-15/h3-8,13H,9-12H2,1-2H3. The number of halogens is 1. The average molecular weight is 389 g/mol. The fourth-order valence-corrected chi connectivity index (χ4v) is 3.58. The third kappa shape index (κ3) is 4.05. The van der Waals surface area contributed by atoms with Gasteiger partial charge in [-0.3, -0.25) is 9.59 Å². The second kappa shape index (κ2) is 8.14. The maximum atomic E-state index is 12.9. The second-order valence-corrected chi connectivity index (χ2v) is 7.59. The summed E-state index contributed by atoms with van der Waals surface area (Å²) in [5.41, 5.74) is 2.35. The van der Waals surface area contributed by atoms with Gasteiger partial charge in [0.25, 0.3) is 11.8 Å². The van der Waals surface area contributed by atoms with Crippen LogP contribution < -0.4 is 0 Å². The molecule has 2 amide bonds. The van der Waals surface area contributed by atoms with E-state index in [0.29, 0.717) is 36.8 Å². The fourth-order valence-electron chi connectivity index (χ4n) is 3.02. The quantitative estimate of drug-likeness (QED) is 0.747. The highest BCUT2D eigenvalue weighted by Gasteiger charge is 2.26. The van der Waals surface area contributed by atoms with Crippen molar-refractivity contribution in [3.05, 3.63) is 64.2 Å². The van der Waals surface area contributed by atoms with Crippen LogP contribution in [-0.4, -0.2) is 54.0 Å². The summed E-state index contributed by atoms with van der Waals surface area (Å²) in [6.07, 6.45) is 2.00. The van der Waals surface area contributed by atoms with Gasteiger partial charge >= 0.3 is 0 Å². The predicted molar refractivity (Wildman–Crippen MR) is 106 cm³/mol. The van der Waals surface area contributed by atoms with E-state index in [1.54, 1.807) is 40.9 Å². The van der Waals surface area contributed by atoms with Crippen molar-refractivity contribution in [3.8, 4) is 0 Å². The molecule has 0 aliphatic carbocycles. The number of benzene rings is 2. The number of thioether (sulfide) groups is 1. The molecule has 136 valence electrons. The Morgan fingerprint density at radius 1 is 0.923 bits per heavy atom. The number of amides is 2. The summed E-state index contributed by atoms with van der Waals surface area (Å²) in [4.78, 5) is 30.1. The first-order valence-electron chi connectivity index (χ1n) is 8.48. The molecule has 0 saturated carbocycles. The highest BCUT2D eigenvalue weighted by atomic mass is 35.5. The van der Waals surface area contributed by atoms with Crippen molar-refractivity contribution in [1.82, 2.24) is 9.80 Å². The maximum absolute atomic E-state index is 12.9. The Morgan fingerprint density at radius 2 is 1.50 bits per heavy atom. The zero-order valence-corrected chi connectivity index (χ0v) is 16.4. The van der Waals surface area contributed by atoms with E-state index in [4.69, 9.17) is 11.6 Å². The number of piperazine rings is 1. The summed E-state index contributed by atoms with van der Waals surface area (Å²) in [5, 5.41) is 0.611. The SMILES string of the molecule is CSc1ccc(C)c(C(=O)N2CCN(C(=O)c3ccc(Cl)cc3)CC2)c1. The average Bonchev–Trinajstić information content (AvgIpc) is 2.68. The van der Waals surface area contributed by atoms with Gasteiger partial charge in [-0.1, -0.05) is 17.7 Å². The number of carbonyl (C=O) groups is 2. The van der Waals surface area contributed by atoms with Crippen molar-refractivity contribution >= 4 is 35.2 Å². The minimum absolute atomic E-state index is 0.0191. The lowest BCUT2D eigenvalue weighted by atomic mass is 10.1. The third-order valence-electron chi connectivity index (χ3n) is 4.62. The lowest BCUT2D eigenvalue weighted by molar-refractivity contribution is 0.0535. The van der Waals surface area contributed by atoms with Crippen LogP contribution in [0.25, 0.3) is 0 Å². The Morgan fingerprint density at radius 3 is 2.08 bits per heavy atom. The molecule has 1 saturated heterocycles. The zero-order valence-electron chi connectivity index (χ0n) is 14.9. The van der Waals surface area contributed by atoms with Crippen molar-refractivity contribution < 1.29 is 9.59 Å². The molecule has 2 aromatic carbocycles. The van der Waals surface area contributed by atoms with Gasteiger partial charge < -0.3 is 9.80 Å². The van der Waals surface area contributed by atoms with Crippen LogP contribution in [0.2, 0.25) is 5.02 Å². The first-order chi connectivity index (χ1) is 12.5. The Balaban J connectivity index is 1.65. The number of hydrogen-bond acceptors (Lipinski definition) is 3. The van der Waals surface area contributed by atoms with Gasteiger partial charge in [-0.05, 0) is 55.1 Å². The Hall–Kier alpha value is -1.98. The van der Waals surface area contributed by atoms with Gasteiger partial charge in [0.05, 0.1) is 0 Å². The minimum Gasteiger partial charge on any atom is -0.335 e. The van der Waals surface area contributed by atoms with Crippen molar-refractivity contribution in [3.63, 3.8) is 0 Å². The Kier molecular flexibility index (Phi) is 5.89. The minimum atomic E-state index is -0.0191. The molecule has 6 heteroatoms. The van der Waals surface area contributed by atoms with Gasteiger partial charge in [-0.2, -0.15) is 0 Å². The zero-order chi connectivity index (χ0) is 18.7. The van der Waals surface area contributed by atoms with Crippen LogP contribution >= 0.6 is 23.4 Å². The molecular formula is C20H21ClN2O2S. The molecule has 1 fully saturated rings. The van der Waals surface area contributed by atoms with Crippen molar-refractivity contribution in [2.45, 2.75) is 11.8 Å². The first kappa shape index (κ1) is 18.8. The molecule has 0 radical (unpaired) electrons. The van der Waals surface area contributed by atoms with Crippen LogP contribution in [0.4, 0.5) is 0 Å². The van der Waals surface area contributed by atoms with Gasteiger partial charge in [0, 0.05) is 47.2 Å². The molecule has 1 aliphatic rings. The van der Waals surface area contributed by atoms with E-state index in [-0.39, 0.29) is 11.8 Å². The predicted octanol–water partition coefficient (Wildman–Crippen LogP) is 3.97. The van der Waals surface area contributed by atoms with E-state index in [9.17, 15) is 9.59 Å². The second-order valence-electron chi connectivity index (χ2n) is 6.27. The maximum Gasteiger partial charge on any atom is 0.254 e. The van der Waals surface area contributed by atoms with Crippen molar-refractivity contribution in [1.29, 1.82) is 0 Å². The Labute approximate surface area is 163 Å². The number of hydrogen-bond donors (Lipinski definition) is 0. The summed E-state index contributed by atoms with van der Waals surface area (Å²) in [6, 6.07) is 12.9. The molecule has 1 aliphatic heterocycles. The van der Waals surface area contributed by atoms with E-state index >= 15 is 0 Å². The molecule has 0 N–H and O–H groups in total. The van der Waals surface area contributed by atoms with Crippen LogP contribution in [-0.2, 0) is 0 Å². The summed E-state index contributed by atoms with van der Waals surface area (Å²) in [6.45, 7) is 4.11. The summed E-state index contributed by atoms with van der Waals surface area (Å²) in [7, 11) is 0. The molecule has 0 atom stereocenters. The largest absolute Gasteiger partial charge is 0.335 e. The lowest BCUT2D eigenvalue weighted by Gasteiger charge is -2.35. The summed E-state index contributed by atoms with van der Waals surface area (Å²) < 4.78 is 0. The number of aryl methyl sites for hydroxylation is 1. The highest BCUT2D eigenvalue weighted by Crippen LogP contribution is 2.21. The normalized spacial score (nSPS) is 14.4. The number of rotatable bonds is 3. The molecule has 0 aromatic heterocycles. The van der Waals surface area contributed by atoms with Gasteiger partial charge in [0.15, 0.2) is 0 Å². The van der Waals surface area contributed by atoms with Crippen molar-refractivity contribution in [2.75, 3.05) is 32.4 Å². The summed E-state index contributed by atoms with van der Waals surface area (Å²) >= 11 is 7.50. The van der Waals surface area contributed by atoms with Gasteiger partial charge in [0.2, 0.25) is 0 Å². The van der Waals surface area contributed by atoms with Crippen LogP contribution in [0.3, 0.4) is 0 Å². The third-order valence-corrected chi connectivity index (χ3v) is 5.60. The van der Waals surface area contributed by atoms with E-state index in [1.165, 1.54) is 0 Å².